The van der Waals surface area contributed by atoms with Crippen molar-refractivity contribution in [2.45, 2.75) is 23.4 Å². The standard InChI is InChI=1S/C15H20F3N3O2S/c1-23-10-14(4-7-19-8-5-14)9-21-12(22)11-3-2-6-20-13(11)24-15(16,17)18/h2-3,6,19H,4-5,7-10H2,1H3,(H,21,22). The fourth-order valence-electron chi connectivity index (χ4n) is 2.75. The van der Waals surface area contributed by atoms with Gasteiger partial charge in [-0.3, -0.25) is 4.79 Å². The van der Waals surface area contributed by atoms with Gasteiger partial charge < -0.3 is 15.4 Å². The van der Waals surface area contributed by atoms with Gasteiger partial charge in [-0.15, -0.1) is 0 Å². The minimum atomic E-state index is -4.49. The van der Waals surface area contributed by atoms with Gasteiger partial charge >= 0.3 is 5.51 Å². The molecule has 0 bridgehead atoms. The van der Waals surface area contributed by atoms with Crippen molar-refractivity contribution in [3.05, 3.63) is 23.9 Å². The lowest BCUT2D eigenvalue weighted by molar-refractivity contribution is -0.0329. The Balaban J connectivity index is 2.06. The van der Waals surface area contributed by atoms with Crippen LogP contribution in [0.2, 0.25) is 0 Å². The summed E-state index contributed by atoms with van der Waals surface area (Å²) in [5.74, 6) is -0.552. The Morgan fingerprint density at radius 2 is 2.17 bits per heavy atom. The molecule has 0 aliphatic carbocycles. The van der Waals surface area contributed by atoms with Crippen molar-refractivity contribution < 1.29 is 22.7 Å². The Kier molecular flexibility index (Phi) is 6.47. The average molecular weight is 363 g/mol. The number of carbonyl (C=O) groups is 1. The largest absolute Gasteiger partial charge is 0.447 e. The van der Waals surface area contributed by atoms with Crippen molar-refractivity contribution in [3.63, 3.8) is 0 Å². The first-order chi connectivity index (χ1) is 11.4. The van der Waals surface area contributed by atoms with E-state index in [2.05, 4.69) is 15.6 Å². The molecule has 0 radical (unpaired) electrons. The fourth-order valence-corrected chi connectivity index (χ4v) is 3.36. The maximum absolute atomic E-state index is 12.6. The Morgan fingerprint density at radius 3 is 2.79 bits per heavy atom. The predicted molar refractivity (Wildman–Crippen MR) is 84.9 cm³/mol. The smallest absolute Gasteiger partial charge is 0.384 e. The normalized spacial score (nSPS) is 17.5. The van der Waals surface area contributed by atoms with Crippen LogP contribution in [0.3, 0.4) is 0 Å². The molecule has 1 aromatic rings. The molecule has 1 amide bonds. The Bertz CT molecular complexity index is 558. The van der Waals surface area contributed by atoms with E-state index in [0.717, 1.165) is 25.9 Å². The minimum Gasteiger partial charge on any atom is -0.384 e. The van der Waals surface area contributed by atoms with Crippen LogP contribution < -0.4 is 10.6 Å². The SMILES string of the molecule is COCC1(CNC(=O)c2cccnc2SC(F)(F)F)CCNCC1. The summed E-state index contributed by atoms with van der Waals surface area (Å²) in [5.41, 5.74) is -4.76. The molecular formula is C15H20F3N3O2S. The van der Waals surface area contributed by atoms with E-state index in [9.17, 15) is 18.0 Å². The number of rotatable bonds is 6. The number of piperidine rings is 1. The molecule has 134 valence electrons. The Labute approximate surface area is 142 Å². The zero-order valence-electron chi connectivity index (χ0n) is 13.3. The van der Waals surface area contributed by atoms with Gasteiger partial charge in [0.2, 0.25) is 0 Å². The second-order valence-electron chi connectivity index (χ2n) is 5.77. The van der Waals surface area contributed by atoms with E-state index in [1.807, 2.05) is 0 Å². The second kappa shape index (κ2) is 8.17. The maximum Gasteiger partial charge on any atom is 0.447 e. The lowest BCUT2D eigenvalue weighted by atomic mass is 9.79. The fraction of sp³-hybridized carbons (Fsp3) is 0.600. The summed E-state index contributed by atoms with van der Waals surface area (Å²) in [6.45, 7) is 2.49. The summed E-state index contributed by atoms with van der Waals surface area (Å²) in [6.07, 6.45) is 2.90. The van der Waals surface area contributed by atoms with Crippen LogP contribution in [-0.4, -0.2) is 49.8 Å². The first-order valence-corrected chi connectivity index (χ1v) is 8.35. The predicted octanol–water partition coefficient (Wildman–Crippen LogP) is 2.44. The van der Waals surface area contributed by atoms with E-state index in [1.165, 1.54) is 18.3 Å². The topological polar surface area (TPSA) is 63.2 Å². The summed E-state index contributed by atoms with van der Waals surface area (Å²) in [7, 11) is 1.60. The molecule has 1 aliphatic heterocycles. The van der Waals surface area contributed by atoms with Crippen LogP contribution in [0.25, 0.3) is 0 Å². The van der Waals surface area contributed by atoms with Gasteiger partial charge in [0, 0.05) is 37.0 Å². The number of hydrogen-bond acceptors (Lipinski definition) is 5. The number of carbonyl (C=O) groups excluding carboxylic acids is 1. The van der Waals surface area contributed by atoms with E-state index < -0.39 is 11.4 Å². The lowest BCUT2D eigenvalue weighted by Crippen LogP contribution is -2.47. The third-order valence-corrected chi connectivity index (χ3v) is 4.72. The van der Waals surface area contributed by atoms with E-state index in [-0.39, 0.29) is 27.8 Å². The van der Waals surface area contributed by atoms with Gasteiger partial charge in [0.05, 0.1) is 12.2 Å². The number of amides is 1. The van der Waals surface area contributed by atoms with Crippen molar-refractivity contribution in [2.75, 3.05) is 33.4 Å². The lowest BCUT2D eigenvalue weighted by Gasteiger charge is -2.37. The van der Waals surface area contributed by atoms with E-state index in [0.29, 0.717) is 13.2 Å². The summed E-state index contributed by atoms with van der Waals surface area (Å²) < 4.78 is 43.0. The molecule has 0 spiro atoms. The van der Waals surface area contributed by atoms with Gasteiger partial charge in [-0.05, 0) is 38.1 Å². The molecular weight excluding hydrogens is 343 g/mol. The van der Waals surface area contributed by atoms with Crippen LogP contribution in [0.15, 0.2) is 23.4 Å². The molecule has 1 aliphatic rings. The van der Waals surface area contributed by atoms with Crippen LogP contribution in [0.5, 0.6) is 0 Å². The number of pyridine rings is 1. The third kappa shape index (κ3) is 5.35. The van der Waals surface area contributed by atoms with E-state index in [4.69, 9.17) is 4.74 Å². The van der Waals surface area contributed by atoms with Gasteiger partial charge in [-0.2, -0.15) is 13.2 Å². The number of methoxy groups -OCH3 is 1. The molecule has 2 N–H and O–H groups in total. The molecule has 0 unspecified atom stereocenters. The van der Waals surface area contributed by atoms with Gasteiger partial charge in [0.1, 0.15) is 5.03 Å². The molecule has 2 rings (SSSR count). The third-order valence-electron chi connectivity index (χ3n) is 3.97. The van der Waals surface area contributed by atoms with Crippen molar-refractivity contribution >= 4 is 17.7 Å². The summed E-state index contributed by atoms with van der Waals surface area (Å²) >= 11 is -0.380. The molecule has 1 aromatic heterocycles. The Hall–Kier alpha value is -1.32. The monoisotopic (exact) mass is 363 g/mol. The van der Waals surface area contributed by atoms with Crippen molar-refractivity contribution in [1.82, 2.24) is 15.6 Å². The van der Waals surface area contributed by atoms with E-state index in [1.54, 1.807) is 7.11 Å². The zero-order valence-corrected chi connectivity index (χ0v) is 14.1. The molecule has 0 atom stereocenters. The number of halogens is 3. The highest BCUT2D eigenvalue weighted by Gasteiger charge is 2.34. The molecule has 2 heterocycles. The van der Waals surface area contributed by atoms with Crippen LogP contribution in [0.1, 0.15) is 23.2 Å². The number of aromatic nitrogens is 1. The molecule has 1 fully saturated rings. The highest BCUT2D eigenvalue weighted by Crippen LogP contribution is 2.37. The van der Waals surface area contributed by atoms with Gasteiger partial charge in [0.25, 0.3) is 5.91 Å². The number of nitrogens with zero attached hydrogens (tertiary/aromatic N) is 1. The second-order valence-corrected chi connectivity index (χ2v) is 6.82. The Morgan fingerprint density at radius 1 is 1.46 bits per heavy atom. The van der Waals surface area contributed by atoms with Gasteiger partial charge in [0.15, 0.2) is 0 Å². The van der Waals surface area contributed by atoms with Crippen LogP contribution in [-0.2, 0) is 4.74 Å². The van der Waals surface area contributed by atoms with Crippen LogP contribution in [0, 0.1) is 5.41 Å². The summed E-state index contributed by atoms with van der Waals surface area (Å²) in [6, 6.07) is 2.80. The summed E-state index contributed by atoms with van der Waals surface area (Å²) in [5, 5.41) is 5.66. The highest BCUT2D eigenvalue weighted by molar-refractivity contribution is 8.00. The number of hydrogen-bond donors (Lipinski definition) is 2. The highest BCUT2D eigenvalue weighted by atomic mass is 32.2. The molecule has 0 saturated carbocycles. The minimum absolute atomic E-state index is 0.0682. The van der Waals surface area contributed by atoms with Gasteiger partial charge in [-0.1, -0.05) is 0 Å². The van der Waals surface area contributed by atoms with Gasteiger partial charge in [-0.25, -0.2) is 4.98 Å². The van der Waals surface area contributed by atoms with Crippen molar-refractivity contribution in [3.8, 4) is 0 Å². The molecule has 0 aromatic carbocycles. The van der Waals surface area contributed by atoms with Crippen LogP contribution >= 0.6 is 11.8 Å². The quantitative estimate of drug-likeness (QED) is 0.760. The molecule has 1 saturated heterocycles. The average Bonchev–Trinajstić information content (AvgIpc) is 2.53. The van der Waals surface area contributed by atoms with Crippen molar-refractivity contribution in [2.24, 2.45) is 5.41 Å². The number of ether oxygens (including phenoxy) is 1. The molecule has 5 nitrogen and oxygen atoms in total. The first kappa shape index (κ1) is 19.0. The molecule has 24 heavy (non-hydrogen) atoms. The van der Waals surface area contributed by atoms with Crippen LogP contribution in [0.4, 0.5) is 13.2 Å². The maximum atomic E-state index is 12.6. The first-order valence-electron chi connectivity index (χ1n) is 7.54. The number of thioether (sulfide) groups is 1. The number of nitrogens with one attached hydrogen (secondary N) is 2. The zero-order chi connectivity index (χ0) is 17.6. The summed E-state index contributed by atoms with van der Waals surface area (Å²) in [4.78, 5) is 16.0. The van der Waals surface area contributed by atoms with Crippen molar-refractivity contribution in [1.29, 1.82) is 0 Å². The van der Waals surface area contributed by atoms with E-state index >= 15 is 0 Å². The number of alkyl halides is 3. The molecule has 9 heteroatoms.